The molecule has 0 saturated heterocycles. The highest BCUT2D eigenvalue weighted by atomic mass is 16.5. The van der Waals surface area contributed by atoms with Crippen LogP contribution in [0.15, 0.2) is 30.3 Å². The van der Waals surface area contributed by atoms with E-state index in [1.54, 1.807) is 0 Å². The van der Waals surface area contributed by atoms with Gasteiger partial charge in [-0.3, -0.25) is 0 Å². The Bertz CT molecular complexity index is 333. The summed E-state index contributed by atoms with van der Waals surface area (Å²) < 4.78 is 5.01. The number of amides is 1. The van der Waals surface area contributed by atoms with E-state index in [0.29, 0.717) is 6.61 Å². The highest BCUT2D eigenvalue weighted by Crippen LogP contribution is 2.20. The van der Waals surface area contributed by atoms with E-state index < -0.39 is 6.09 Å². The molecule has 1 amide bonds. The molecule has 1 radical (unpaired) electrons. The fraction of sp³-hybridized carbons (Fsp3) is 0.462. The number of aryl methyl sites for hydroxylation is 1. The van der Waals surface area contributed by atoms with Crippen molar-refractivity contribution in [3.63, 3.8) is 0 Å². The molecule has 0 atom stereocenters. The fourth-order valence-corrected chi connectivity index (χ4v) is 1.47. The third-order valence-electron chi connectivity index (χ3n) is 2.51. The van der Waals surface area contributed by atoms with Crippen LogP contribution in [0, 0.1) is 0 Å². The molecule has 0 unspecified atom stereocenters. The van der Waals surface area contributed by atoms with Crippen LogP contribution < -0.4 is 5.32 Å². The van der Waals surface area contributed by atoms with Gasteiger partial charge < -0.3 is 4.74 Å². The minimum absolute atomic E-state index is 0.252. The molecule has 0 spiro atoms. The number of nitrogens with zero attached hydrogens (tertiary/aromatic N) is 1. The van der Waals surface area contributed by atoms with Gasteiger partial charge in [0.1, 0.15) is 0 Å². The summed E-state index contributed by atoms with van der Waals surface area (Å²) in [5.41, 5.74) is 1.28. The maximum absolute atomic E-state index is 11.1. The predicted octanol–water partition coefficient (Wildman–Crippen LogP) is 2.52. The van der Waals surface area contributed by atoms with Crippen LogP contribution in [0.5, 0.6) is 0 Å². The van der Waals surface area contributed by atoms with Crippen LogP contribution >= 0.6 is 0 Å². The lowest BCUT2D eigenvalue weighted by Gasteiger charge is -2.04. The van der Waals surface area contributed by atoms with Crippen LogP contribution in [0.3, 0.4) is 0 Å². The minimum atomic E-state index is -0.393. The largest absolute Gasteiger partial charge is 0.448 e. The molecule has 16 heavy (non-hydrogen) atoms. The summed E-state index contributed by atoms with van der Waals surface area (Å²) >= 11 is 0. The molecule has 85 valence electrons. The van der Waals surface area contributed by atoms with Gasteiger partial charge in [-0.05, 0) is 31.2 Å². The van der Waals surface area contributed by atoms with Crippen molar-refractivity contribution in [2.24, 2.45) is 0 Å². The fourth-order valence-electron chi connectivity index (χ4n) is 1.47. The Hall–Kier alpha value is -1.51. The zero-order valence-electron chi connectivity index (χ0n) is 9.26. The van der Waals surface area contributed by atoms with Gasteiger partial charge >= 0.3 is 6.09 Å². The summed E-state index contributed by atoms with van der Waals surface area (Å²) in [4.78, 5) is 11.1. The van der Waals surface area contributed by atoms with E-state index in [9.17, 15) is 4.79 Å². The van der Waals surface area contributed by atoms with Gasteiger partial charge in [0.25, 0.3) is 0 Å². The van der Waals surface area contributed by atoms with E-state index in [-0.39, 0.29) is 6.04 Å². The molecule has 0 N–H and O–H groups in total. The lowest BCUT2D eigenvalue weighted by molar-refractivity contribution is 0.143. The number of benzene rings is 1. The van der Waals surface area contributed by atoms with Crippen LogP contribution in [-0.2, 0) is 11.2 Å². The van der Waals surface area contributed by atoms with Crippen molar-refractivity contribution >= 4 is 6.09 Å². The normalized spacial score (nSPS) is 14.5. The molecule has 1 fully saturated rings. The second-order valence-electron chi connectivity index (χ2n) is 4.06. The van der Waals surface area contributed by atoms with Crippen LogP contribution in [0.25, 0.3) is 0 Å². The molecule has 2 rings (SSSR count). The molecule has 1 aromatic carbocycles. The summed E-state index contributed by atoms with van der Waals surface area (Å²) in [5, 5.41) is 3.87. The van der Waals surface area contributed by atoms with Crippen molar-refractivity contribution in [2.75, 3.05) is 6.61 Å². The monoisotopic (exact) mass is 218 g/mol. The van der Waals surface area contributed by atoms with Gasteiger partial charge in [0, 0.05) is 0 Å². The lowest BCUT2D eigenvalue weighted by atomic mass is 10.1. The van der Waals surface area contributed by atoms with E-state index >= 15 is 0 Å². The van der Waals surface area contributed by atoms with Crippen molar-refractivity contribution in [2.45, 2.75) is 31.7 Å². The Labute approximate surface area is 95.8 Å². The summed E-state index contributed by atoms with van der Waals surface area (Å²) in [7, 11) is 0. The third kappa shape index (κ3) is 3.93. The van der Waals surface area contributed by atoms with E-state index in [1.807, 2.05) is 18.2 Å². The zero-order chi connectivity index (χ0) is 11.2. The topological polar surface area (TPSA) is 40.4 Å². The second-order valence-corrected chi connectivity index (χ2v) is 4.06. The van der Waals surface area contributed by atoms with E-state index in [4.69, 9.17) is 4.74 Å². The second kappa shape index (κ2) is 5.54. The number of hydrogen-bond donors (Lipinski definition) is 0. The molecule has 3 heteroatoms. The molecule has 1 saturated carbocycles. The molecule has 0 aromatic heterocycles. The first-order valence-electron chi connectivity index (χ1n) is 5.76. The predicted molar refractivity (Wildman–Crippen MR) is 61.3 cm³/mol. The quantitative estimate of drug-likeness (QED) is 0.712. The van der Waals surface area contributed by atoms with Gasteiger partial charge in [0.2, 0.25) is 0 Å². The Morgan fingerprint density at radius 2 is 2.06 bits per heavy atom. The molecule has 0 aliphatic heterocycles. The van der Waals surface area contributed by atoms with Crippen molar-refractivity contribution in [1.82, 2.24) is 5.32 Å². The Morgan fingerprint density at radius 3 is 2.75 bits per heavy atom. The van der Waals surface area contributed by atoms with Crippen LogP contribution in [0.1, 0.15) is 24.8 Å². The molecular weight excluding hydrogens is 202 g/mol. The summed E-state index contributed by atoms with van der Waals surface area (Å²) in [6.07, 6.45) is 3.49. The first kappa shape index (κ1) is 11.0. The molecular formula is C13H16NO2. The minimum Gasteiger partial charge on any atom is -0.448 e. The standard InChI is InChI=1S/C13H16NO2/c15-13(14-12-8-9-12)16-10-4-7-11-5-2-1-3-6-11/h1-3,5-6,12H,4,7-10H2. The zero-order valence-corrected chi connectivity index (χ0v) is 9.26. The van der Waals surface area contributed by atoms with Crippen molar-refractivity contribution in [1.29, 1.82) is 0 Å². The Morgan fingerprint density at radius 1 is 1.31 bits per heavy atom. The summed E-state index contributed by atoms with van der Waals surface area (Å²) in [5.74, 6) is 0. The van der Waals surface area contributed by atoms with Gasteiger partial charge in [-0.2, -0.15) is 0 Å². The summed E-state index contributed by atoms with van der Waals surface area (Å²) in [6, 6.07) is 10.4. The molecule has 1 aliphatic carbocycles. The molecule has 0 bridgehead atoms. The first-order chi connectivity index (χ1) is 7.84. The van der Waals surface area contributed by atoms with Crippen LogP contribution in [0.2, 0.25) is 0 Å². The SMILES string of the molecule is O=C([N]C1CC1)OCCCc1ccccc1. The Kier molecular flexibility index (Phi) is 3.81. The number of hydrogen-bond acceptors (Lipinski definition) is 2. The third-order valence-corrected chi connectivity index (χ3v) is 2.51. The molecule has 0 heterocycles. The molecule has 3 nitrogen and oxygen atoms in total. The van der Waals surface area contributed by atoms with E-state index in [0.717, 1.165) is 25.7 Å². The maximum Gasteiger partial charge on any atom is 0.429 e. The highest BCUT2D eigenvalue weighted by Gasteiger charge is 2.26. The molecule has 1 aromatic rings. The highest BCUT2D eigenvalue weighted by molar-refractivity contribution is 5.67. The van der Waals surface area contributed by atoms with Crippen LogP contribution in [0.4, 0.5) is 4.79 Å². The van der Waals surface area contributed by atoms with Gasteiger partial charge in [0.05, 0.1) is 12.6 Å². The first-order valence-corrected chi connectivity index (χ1v) is 5.76. The van der Waals surface area contributed by atoms with Crippen LogP contribution in [-0.4, -0.2) is 18.7 Å². The van der Waals surface area contributed by atoms with Gasteiger partial charge in [0.15, 0.2) is 0 Å². The van der Waals surface area contributed by atoms with Crippen molar-refractivity contribution in [3.8, 4) is 0 Å². The summed E-state index contributed by atoms with van der Waals surface area (Å²) in [6.45, 7) is 0.462. The van der Waals surface area contributed by atoms with Crippen molar-refractivity contribution in [3.05, 3.63) is 35.9 Å². The van der Waals surface area contributed by atoms with Gasteiger partial charge in [-0.15, -0.1) is 0 Å². The van der Waals surface area contributed by atoms with Gasteiger partial charge in [-0.25, -0.2) is 10.1 Å². The number of ether oxygens (including phenoxy) is 1. The maximum atomic E-state index is 11.1. The lowest BCUT2D eigenvalue weighted by Crippen LogP contribution is -2.19. The molecule has 1 aliphatic rings. The number of carbonyl (C=O) groups is 1. The van der Waals surface area contributed by atoms with Gasteiger partial charge in [-0.1, -0.05) is 30.3 Å². The Balaban J connectivity index is 1.56. The average molecular weight is 218 g/mol. The van der Waals surface area contributed by atoms with E-state index in [2.05, 4.69) is 17.4 Å². The number of rotatable bonds is 5. The smallest absolute Gasteiger partial charge is 0.429 e. The average Bonchev–Trinajstić information content (AvgIpc) is 3.10. The van der Waals surface area contributed by atoms with E-state index in [1.165, 1.54) is 5.56 Å². The number of carbonyl (C=O) groups excluding carboxylic acids is 1. The van der Waals surface area contributed by atoms with Crippen molar-refractivity contribution < 1.29 is 9.53 Å².